The molecule has 3 nitrogen and oxygen atoms in total. The second kappa shape index (κ2) is 3.89. The monoisotopic (exact) mass is 197 g/mol. The average molecular weight is 197 g/mol. The quantitative estimate of drug-likeness (QED) is 0.644. The van der Waals surface area contributed by atoms with Gasteiger partial charge in [0.1, 0.15) is 0 Å². The van der Waals surface area contributed by atoms with Gasteiger partial charge in [-0.2, -0.15) is 0 Å². The first-order valence-corrected chi connectivity index (χ1v) is 5.54. The summed E-state index contributed by atoms with van der Waals surface area (Å²) in [7, 11) is 1.50. The van der Waals surface area contributed by atoms with Crippen molar-refractivity contribution in [2.75, 3.05) is 20.2 Å². The maximum absolute atomic E-state index is 11.5. The summed E-state index contributed by atoms with van der Waals surface area (Å²) in [5.74, 6) is 0.157. The molecule has 2 fully saturated rings. The molecule has 1 N–H and O–H groups in total. The summed E-state index contributed by atoms with van der Waals surface area (Å²) >= 11 is 0. The van der Waals surface area contributed by atoms with Crippen LogP contribution in [0.25, 0.3) is 0 Å². The van der Waals surface area contributed by atoms with Crippen LogP contribution in [0.4, 0.5) is 0 Å². The Kier molecular flexibility index (Phi) is 2.77. The Morgan fingerprint density at radius 2 is 2.36 bits per heavy atom. The van der Waals surface area contributed by atoms with Crippen LogP contribution >= 0.6 is 0 Å². The molecule has 1 spiro atoms. The van der Waals surface area contributed by atoms with E-state index in [1.54, 1.807) is 0 Å². The first-order chi connectivity index (χ1) is 6.76. The van der Waals surface area contributed by atoms with Gasteiger partial charge in [0.25, 0.3) is 0 Å². The number of hydrogen-bond donors (Lipinski definition) is 1. The molecule has 2 rings (SSSR count). The Bertz CT molecular complexity index is 221. The summed E-state index contributed by atoms with van der Waals surface area (Å²) < 4.78 is 4.83. The summed E-state index contributed by atoms with van der Waals surface area (Å²) in [6.45, 7) is 2.22. The smallest absolute Gasteiger partial charge is 0.308 e. The normalized spacial score (nSPS) is 37.4. The van der Waals surface area contributed by atoms with Crippen LogP contribution in [0.2, 0.25) is 0 Å². The first-order valence-electron chi connectivity index (χ1n) is 5.54. The molecule has 0 bridgehead atoms. The van der Waals surface area contributed by atoms with Gasteiger partial charge < -0.3 is 10.1 Å². The molecule has 2 atom stereocenters. The molecule has 0 amide bonds. The molecule has 1 aliphatic heterocycles. The molecular weight excluding hydrogens is 178 g/mol. The molecule has 1 saturated carbocycles. The zero-order valence-corrected chi connectivity index (χ0v) is 8.84. The minimum absolute atomic E-state index is 0.00373. The number of methoxy groups -OCH3 is 1. The highest BCUT2D eigenvalue weighted by atomic mass is 16.5. The highest BCUT2D eigenvalue weighted by Crippen LogP contribution is 2.43. The first kappa shape index (κ1) is 9.97. The summed E-state index contributed by atoms with van der Waals surface area (Å²) in [5.41, 5.74) is 0.414. The SMILES string of the molecule is COC(=O)C1CCCC2(CCNC2)C1. The van der Waals surface area contributed by atoms with Gasteiger partial charge in [-0.1, -0.05) is 6.42 Å². The van der Waals surface area contributed by atoms with E-state index in [0.717, 1.165) is 25.9 Å². The number of rotatable bonds is 1. The highest BCUT2D eigenvalue weighted by Gasteiger charge is 2.40. The van der Waals surface area contributed by atoms with Gasteiger partial charge in [-0.25, -0.2) is 0 Å². The summed E-state index contributed by atoms with van der Waals surface area (Å²) in [6, 6.07) is 0. The van der Waals surface area contributed by atoms with E-state index in [2.05, 4.69) is 5.32 Å². The van der Waals surface area contributed by atoms with Gasteiger partial charge in [-0.05, 0) is 37.6 Å². The fourth-order valence-corrected chi connectivity index (χ4v) is 3.00. The van der Waals surface area contributed by atoms with E-state index in [-0.39, 0.29) is 11.9 Å². The average Bonchev–Trinajstić information content (AvgIpc) is 2.65. The molecule has 0 aromatic heterocycles. The predicted octanol–water partition coefficient (Wildman–Crippen LogP) is 1.33. The number of hydrogen-bond acceptors (Lipinski definition) is 3. The van der Waals surface area contributed by atoms with E-state index in [0.29, 0.717) is 5.41 Å². The molecule has 0 aromatic rings. The lowest BCUT2D eigenvalue weighted by atomic mass is 9.69. The highest BCUT2D eigenvalue weighted by molar-refractivity contribution is 5.72. The van der Waals surface area contributed by atoms with E-state index in [4.69, 9.17) is 4.74 Å². The van der Waals surface area contributed by atoms with Gasteiger partial charge >= 0.3 is 5.97 Å². The minimum Gasteiger partial charge on any atom is -0.469 e. The van der Waals surface area contributed by atoms with Crippen molar-refractivity contribution in [2.45, 2.75) is 32.1 Å². The zero-order valence-electron chi connectivity index (χ0n) is 8.84. The second-order valence-corrected chi connectivity index (χ2v) is 4.74. The van der Waals surface area contributed by atoms with E-state index < -0.39 is 0 Å². The molecule has 0 aromatic carbocycles. The van der Waals surface area contributed by atoms with Crippen molar-refractivity contribution in [2.24, 2.45) is 11.3 Å². The maximum Gasteiger partial charge on any atom is 0.308 e. The number of esters is 1. The molecule has 2 unspecified atom stereocenters. The van der Waals surface area contributed by atoms with Gasteiger partial charge in [0, 0.05) is 6.54 Å². The second-order valence-electron chi connectivity index (χ2n) is 4.74. The molecular formula is C11H19NO2. The number of ether oxygens (including phenoxy) is 1. The van der Waals surface area contributed by atoms with Crippen LogP contribution in [0.1, 0.15) is 32.1 Å². The van der Waals surface area contributed by atoms with Crippen molar-refractivity contribution in [3.63, 3.8) is 0 Å². The van der Waals surface area contributed by atoms with Crippen LogP contribution in [0.15, 0.2) is 0 Å². The third-order valence-corrected chi connectivity index (χ3v) is 3.81. The largest absolute Gasteiger partial charge is 0.469 e. The fourth-order valence-electron chi connectivity index (χ4n) is 3.00. The standard InChI is InChI=1S/C11H19NO2/c1-14-10(13)9-3-2-4-11(7-9)5-6-12-8-11/h9,12H,2-8H2,1H3. The molecule has 3 heteroatoms. The number of carbonyl (C=O) groups excluding carboxylic acids is 1. The van der Waals surface area contributed by atoms with Gasteiger partial charge in [0.15, 0.2) is 0 Å². The van der Waals surface area contributed by atoms with E-state index in [9.17, 15) is 4.79 Å². The zero-order chi connectivity index (χ0) is 10.0. The lowest BCUT2D eigenvalue weighted by Crippen LogP contribution is -2.34. The van der Waals surface area contributed by atoms with Crippen molar-refractivity contribution < 1.29 is 9.53 Å². The third kappa shape index (κ3) is 1.78. The van der Waals surface area contributed by atoms with Crippen LogP contribution in [0.3, 0.4) is 0 Å². The maximum atomic E-state index is 11.5. The summed E-state index contributed by atoms with van der Waals surface area (Å²) in [4.78, 5) is 11.5. The molecule has 1 saturated heterocycles. The Balaban J connectivity index is 1.99. The van der Waals surface area contributed by atoms with Crippen LogP contribution in [-0.4, -0.2) is 26.2 Å². The van der Waals surface area contributed by atoms with Crippen LogP contribution < -0.4 is 5.32 Å². The molecule has 80 valence electrons. The minimum atomic E-state index is -0.00373. The molecule has 14 heavy (non-hydrogen) atoms. The van der Waals surface area contributed by atoms with Gasteiger partial charge in [0.05, 0.1) is 13.0 Å². The molecule has 1 heterocycles. The third-order valence-electron chi connectivity index (χ3n) is 3.81. The van der Waals surface area contributed by atoms with Gasteiger partial charge in [-0.15, -0.1) is 0 Å². The van der Waals surface area contributed by atoms with Crippen LogP contribution in [0, 0.1) is 11.3 Å². The van der Waals surface area contributed by atoms with Crippen molar-refractivity contribution in [1.82, 2.24) is 5.32 Å². The van der Waals surface area contributed by atoms with Crippen molar-refractivity contribution >= 4 is 5.97 Å². The Labute approximate surface area is 85.2 Å². The van der Waals surface area contributed by atoms with E-state index in [1.165, 1.54) is 26.4 Å². The number of carbonyl (C=O) groups is 1. The van der Waals surface area contributed by atoms with Crippen LogP contribution in [-0.2, 0) is 9.53 Å². The molecule has 2 aliphatic rings. The lowest BCUT2D eigenvalue weighted by Gasteiger charge is -2.36. The summed E-state index contributed by atoms with van der Waals surface area (Å²) in [6.07, 6.45) is 5.76. The Morgan fingerprint density at radius 1 is 1.50 bits per heavy atom. The fraction of sp³-hybridized carbons (Fsp3) is 0.909. The lowest BCUT2D eigenvalue weighted by molar-refractivity contribution is -0.148. The van der Waals surface area contributed by atoms with Crippen molar-refractivity contribution in [3.05, 3.63) is 0 Å². The number of nitrogens with one attached hydrogen (secondary N) is 1. The Morgan fingerprint density at radius 3 is 3.00 bits per heavy atom. The topological polar surface area (TPSA) is 38.3 Å². The molecule has 0 radical (unpaired) electrons. The van der Waals surface area contributed by atoms with E-state index >= 15 is 0 Å². The summed E-state index contributed by atoms with van der Waals surface area (Å²) in [5, 5.41) is 3.41. The van der Waals surface area contributed by atoms with Gasteiger partial charge in [0.2, 0.25) is 0 Å². The van der Waals surface area contributed by atoms with E-state index in [1.807, 2.05) is 0 Å². The van der Waals surface area contributed by atoms with Crippen molar-refractivity contribution in [3.8, 4) is 0 Å². The predicted molar refractivity (Wildman–Crippen MR) is 53.9 cm³/mol. The van der Waals surface area contributed by atoms with Gasteiger partial charge in [-0.3, -0.25) is 4.79 Å². The molecule has 1 aliphatic carbocycles. The van der Waals surface area contributed by atoms with Crippen LogP contribution in [0.5, 0.6) is 0 Å². The van der Waals surface area contributed by atoms with Crippen molar-refractivity contribution in [1.29, 1.82) is 0 Å². The Hall–Kier alpha value is -0.570.